The number of hydrogen-bond donors (Lipinski definition) is 2. The number of carbonyl (C=O) groups is 1. The number of alkyl halides is 3. The number of rotatable bonds is 10. The van der Waals surface area contributed by atoms with Crippen molar-refractivity contribution in [3.8, 4) is 0 Å². The lowest BCUT2D eigenvalue weighted by Crippen LogP contribution is -2.15. The van der Waals surface area contributed by atoms with E-state index in [0.29, 0.717) is 12.8 Å². The number of aryl methyl sites for hydroxylation is 2. The van der Waals surface area contributed by atoms with E-state index in [-0.39, 0.29) is 24.2 Å². The molecule has 0 bridgehead atoms. The third kappa shape index (κ3) is 8.05. The summed E-state index contributed by atoms with van der Waals surface area (Å²) in [6.07, 6.45) is 1.57. The number of carboxylic acid groups (broad SMARTS) is 1. The van der Waals surface area contributed by atoms with Crippen molar-refractivity contribution in [2.75, 3.05) is 12.4 Å². The van der Waals surface area contributed by atoms with Gasteiger partial charge in [-0.15, -0.1) is 23.5 Å². The molecular weight excluding hydrogens is 457 g/mol. The van der Waals surface area contributed by atoms with E-state index < -0.39 is 17.7 Å². The molecule has 2 rings (SSSR count). The van der Waals surface area contributed by atoms with Crippen molar-refractivity contribution in [1.29, 1.82) is 0 Å². The molecular formula is C24H29F3O3S2. The fourth-order valence-corrected chi connectivity index (χ4v) is 6.00. The van der Waals surface area contributed by atoms with Gasteiger partial charge in [-0.05, 0) is 68.4 Å². The topological polar surface area (TPSA) is 57.5 Å². The Morgan fingerprint density at radius 3 is 2.56 bits per heavy atom. The van der Waals surface area contributed by atoms with Gasteiger partial charge in [-0.3, -0.25) is 4.79 Å². The third-order valence-electron chi connectivity index (χ3n) is 5.34. The van der Waals surface area contributed by atoms with E-state index in [0.717, 1.165) is 45.3 Å². The fraction of sp³-hybridized carbons (Fsp3) is 0.458. The molecule has 1 aromatic carbocycles. The second-order valence-electron chi connectivity index (χ2n) is 7.85. The number of aliphatic hydroxyl groups excluding tert-OH is 1. The highest BCUT2D eigenvalue weighted by Crippen LogP contribution is 2.44. The third-order valence-corrected chi connectivity index (χ3v) is 8.19. The van der Waals surface area contributed by atoms with Crippen LogP contribution in [0.25, 0.3) is 0 Å². The number of thioether (sulfide) groups is 2. The van der Waals surface area contributed by atoms with Gasteiger partial charge in [0.2, 0.25) is 0 Å². The summed E-state index contributed by atoms with van der Waals surface area (Å²) in [6.45, 7) is 4.90. The summed E-state index contributed by atoms with van der Waals surface area (Å²) in [4.78, 5) is 12.8. The standard InChI is InChI=1S/C24H29F3O3S2/c1-15(4-5-17(3)24(25,26)27)21-13-19(10-11-28)22(32-21)14-31-20-8-6-18(16(2)12-20)7-9-23(29)30/h4-6,8,12-13,19,22,28H,7,9-11,14H2,1-3H3,(H,29,30)/b15-4+,17-5+. The molecule has 1 aliphatic heterocycles. The van der Waals surface area contributed by atoms with Gasteiger partial charge in [0.25, 0.3) is 0 Å². The van der Waals surface area contributed by atoms with Crippen LogP contribution in [0.15, 0.2) is 57.4 Å². The molecule has 2 N–H and O–H groups in total. The lowest BCUT2D eigenvalue weighted by Gasteiger charge is -2.18. The van der Waals surface area contributed by atoms with Crippen LogP contribution in [0.1, 0.15) is 37.8 Å². The SMILES string of the molecule is C/C(=C\C=C(/C)C(F)(F)F)C1=CC(CCO)C(CSc2ccc(CCC(=O)O)c(C)c2)S1. The molecule has 3 nitrogen and oxygen atoms in total. The average Bonchev–Trinajstić information content (AvgIpc) is 3.11. The van der Waals surface area contributed by atoms with Crippen LogP contribution in [0.5, 0.6) is 0 Å². The summed E-state index contributed by atoms with van der Waals surface area (Å²) in [5.74, 6) is 0.140. The van der Waals surface area contributed by atoms with E-state index in [1.807, 2.05) is 26.0 Å². The highest BCUT2D eigenvalue weighted by molar-refractivity contribution is 8.06. The largest absolute Gasteiger partial charge is 0.481 e. The Kier molecular flexibility index (Phi) is 9.98. The van der Waals surface area contributed by atoms with Crippen LogP contribution in [-0.2, 0) is 11.2 Å². The molecule has 1 heterocycles. The highest BCUT2D eigenvalue weighted by atomic mass is 32.2. The summed E-state index contributed by atoms with van der Waals surface area (Å²) in [5, 5.41) is 18.5. The van der Waals surface area contributed by atoms with E-state index in [2.05, 4.69) is 12.1 Å². The Hall–Kier alpha value is -1.64. The van der Waals surface area contributed by atoms with Crippen LogP contribution in [0.2, 0.25) is 0 Å². The van der Waals surface area contributed by atoms with Gasteiger partial charge in [0, 0.05) is 39.4 Å². The average molecular weight is 487 g/mol. The summed E-state index contributed by atoms with van der Waals surface area (Å²) >= 11 is 3.35. The number of benzene rings is 1. The van der Waals surface area contributed by atoms with Gasteiger partial charge in [-0.1, -0.05) is 24.3 Å². The molecule has 1 aromatic rings. The zero-order chi connectivity index (χ0) is 23.9. The summed E-state index contributed by atoms with van der Waals surface area (Å²) in [6, 6.07) is 6.03. The van der Waals surface area contributed by atoms with E-state index in [1.54, 1.807) is 23.5 Å². The second-order valence-corrected chi connectivity index (χ2v) is 10.2. The minimum absolute atomic E-state index is 0.0589. The smallest absolute Gasteiger partial charge is 0.412 e. The van der Waals surface area contributed by atoms with Crippen molar-refractivity contribution in [1.82, 2.24) is 0 Å². The van der Waals surface area contributed by atoms with Gasteiger partial charge in [0.1, 0.15) is 0 Å². The maximum absolute atomic E-state index is 12.7. The number of carboxylic acids is 1. The van der Waals surface area contributed by atoms with Crippen molar-refractivity contribution in [3.05, 3.63) is 63.6 Å². The molecule has 0 amide bonds. The van der Waals surface area contributed by atoms with E-state index in [9.17, 15) is 23.1 Å². The zero-order valence-corrected chi connectivity index (χ0v) is 20.0. The molecule has 2 atom stereocenters. The molecule has 0 aliphatic carbocycles. The molecule has 0 fully saturated rings. The minimum atomic E-state index is -4.33. The minimum Gasteiger partial charge on any atom is -0.481 e. The number of hydrogen-bond acceptors (Lipinski definition) is 4. The van der Waals surface area contributed by atoms with Crippen LogP contribution in [-0.4, -0.2) is 40.0 Å². The monoisotopic (exact) mass is 486 g/mol. The van der Waals surface area contributed by atoms with Gasteiger partial charge in [0.05, 0.1) is 0 Å². The Morgan fingerprint density at radius 1 is 1.25 bits per heavy atom. The number of aliphatic carboxylic acids is 1. The van der Waals surface area contributed by atoms with Gasteiger partial charge >= 0.3 is 12.1 Å². The molecule has 0 spiro atoms. The first-order valence-electron chi connectivity index (χ1n) is 10.4. The number of halogens is 3. The quantitative estimate of drug-likeness (QED) is 0.290. The molecule has 2 unspecified atom stereocenters. The summed E-state index contributed by atoms with van der Waals surface area (Å²) in [7, 11) is 0. The summed E-state index contributed by atoms with van der Waals surface area (Å²) < 4.78 is 38.2. The Balaban J connectivity index is 2.03. The van der Waals surface area contributed by atoms with Gasteiger partial charge in [-0.2, -0.15) is 13.2 Å². The molecule has 8 heteroatoms. The van der Waals surface area contributed by atoms with E-state index in [4.69, 9.17) is 5.11 Å². The first-order valence-corrected chi connectivity index (χ1v) is 12.2. The first kappa shape index (κ1) is 26.6. The van der Waals surface area contributed by atoms with Crippen LogP contribution < -0.4 is 0 Å². The molecule has 0 aromatic heterocycles. The highest BCUT2D eigenvalue weighted by Gasteiger charge is 2.30. The summed E-state index contributed by atoms with van der Waals surface area (Å²) in [5.41, 5.74) is 2.23. The van der Waals surface area contributed by atoms with Crippen LogP contribution in [0.3, 0.4) is 0 Å². The number of allylic oxidation sites excluding steroid dienone is 5. The molecule has 176 valence electrons. The van der Waals surface area contributed by atoms with Crippen LogP contribution in [0.4, 0.5) is 13.2 Å². The van der Waals surface area contributed by atoms with E-state index >= 15 is 0 Å². The fourth-order valence-electron chi connectivity index (χ4n) is 3.28. The van der Waals surface area contributed by atoms with Crippen molar-refractivity contribution < 1.29 is 28.2 Å². The van der Waals surface area contributed by atoms with Crippen molar-refractivity contribution in [3.63, 3.8) is 0 Å². The lowest BCUT2D eigenvalue weighted by atomic mass is 10.0. The predicted molar refractivity (Wildman–Crippen MR) is 126 cm³/mol. The molecule has 0 saturated heterocycles. The van der Waals surface area contributed by atoms with Gasteiger partial charge in [-0.25, -0.2) is 0 Å². The van der Waals surface area contributed by atoms with Crippen molar-refractivity contribution in [2.24, 2.45) is 5.92 Å². The molecule has 0 saturated carbocycles. The van der Waals surface area contributed by atoms with Crippen molar-refractivity contribution >= 4 is 29.5 Å². The number of aliphatic hydroxyl groups is 1. The Labute approximate surface area is 195 Å². The van der Waals surface area contributed by atoms with Crippen LogP contribution >= 0.6 is 23.5 Å². The van der Waals surface area contributed by atoms with Crippen LogP contribution in [0, 0.1) is 12.8 Å². The van der Waals surface area contributed by atoms with Gasteiger partial charge < -0.3 is 10.2 Å². The first-order chi connectivity index (χ1) is 15.0. The maximum atomic E-state index is 12.7. The van der Waals surface area contributed by atoms with Gasteiger partial charge in [0.15, 0.2) is 0 Å². The second kappa shape index (κ2) is 12.0. The van der Waals surface area contributed by atoms with Crippen molar-refractivity contribution in [2.45, 2.75) is 56.4 Å². The normalized spacial score (nSPS) is 19.9. The Morgan fingerprint density at radius 2 is 1.97 bits per heavy atom. The Bertz CT molecular complexity index is 904. The predicted octanol–water partition coefficient (Wildman–Crippen LogP) is 6.56. The molecule has 32 heavy (non-hydrogen) atoms. The molecule has 1 aliphatic rings. The molecule has 0 radical (unpaired) electrons. The van der Waals surface area contributed by atoms with E-state index in [1.165, 1.54) is 6.08 Å². The maximum Gasteiger partial charge on any atom is 0.412 e. The zero-order valence-electron chi connectivity index (χ0n) is 18.4. The lowest BCUT2D eigenvalue weighted by molar-refractivity contribution is -0.136.